The molecule has 0 aliphatic heterocycles. The van der Waals surface area contributed by atoms with Crippen molar-refractivity contribution in [3.8, 4) is 11.4 Å². The average Bonchev–Trinajstić information content (AvgIpc) is 3.33. The van der Waals surface area contributed by atoms with Gasteiger partial charge in [0, 0.05) is 39.4 Å². The van der Waals surface area contributed by atoms with E-state index in [1.54, 1.807) is 18.5 Å². The van der Waals surface area contributed by atoms with Gasteiger partial charge in [-0.2, -0.15) is 5.10 Å². The highest BCUT2D eigenvalue weighted by Gasteiger charge is 2.07. The molecule has 27 heavy (non-hydrogen) atoms. The van der Waals surface area contributed by atoms with Gasteiger partial charge in [-0.3, -0.25) is 5.10 Å². The van der Waals surface area contributed by atoms with Crippen molar-refractivity contribution in [2.24, 2.45) is 0 Å². The van der Waals surface area contributed by atoms with Crippen LogP contribution in [0.4, 0.5) is 11.5 Å². The Kier molecular flexibility index (Phi) is 3.47. The smallest absolute Gasteiger partial charge is 0.161 e. The third kappa shape index (κ3) is 2.83. The van der Waals surface area contributed by atoms with Crippen LogP contribution in [0.1, 0.15) is 5.69 Å². The van der Waals surface area contributed by atoms with E-state index in [1.165, 1.54) is 0 Å². The van der Waals surface area contributed by atoms with Crippen LogP contribution in [0.15, 0.2) is 67.5 Å². The molecule has 0 spiro atoms. The lowest BCUT2D eigenvalue weighted by molar-refractivity contribution is 1.12. The molecule has 2 aromatic carbocycles. The van der Waals surface area contributed by atoms with Crippen molar-refractivity contribution < 1.29 is 0 Å². The zero-order valence-electron chi connectivity index (χ0n) is 14.4. The van der Waals surface area contributed by atoms with E-state index in [2.05, 4.69) is 55.2 Å². The van der Waals surface area contributed by atoms with E-state index in [4.69, 9.17) is 0 Å². The van der Waals surface area contributed by atoms with Gasteiger partial charge in [-0.25, -0.2) is 9.97 Å². The lowest BCUT2D eigenvalue weighted by Gasteiger charge is -2.07. The summed E-state index contributed by atoms with van der Waals surface area (Å²) in [5, 5.41) is 12.5. The summed E-state index contributed by atoms with van der Waals surface area (Å²) in [6, 6.07) is 16.1. The zero-order valence-corrected chi connectivity index (χ0v) is 14.4. The van der Waals surface area contributed by atoms with Gasteiger partial charge in [0.15, 0.2) is 5.82 Å². The van der Waals surface area contributed by atoms with Crippen molar-refractivity contribution >= 4 is 39.4 Å². The van der Waals surface area contributed by atoms with E-state index in [0.29, 0.717) is 5.82 Å². The van der Waals surface area contributed by atoms with Crippen LogP contribution >= 0.6 is 0 Å². The minimum absolute atomic E-state index is 0.668. The fourth-order valence-corrected chi connectivity index (χ4v) is 3.13. The van der Waals surface area contributed by atoms with Gasteiger partial charge in [-0.1, -0.05) is 18.7 Å². The van der Waals surface area contributed by atoms with Gasteiger partial charge in [0.2, 0.25) is 0 Å². The van der Waals surface area contributed by atoms with Gasteiger partial charge >= 0.3 is 0 Å². The number of rotatable bonds is 4. The molecule has 5 aromatic rings. The molecule has 6 heteroatoms. The lowest BCUT2D eigenvalue weighted by atomic mass is 10.1. The molecule has 0 radical (unpaired) electrons. The molecule has 0 bridgehead atoms. The topological polar surface area (TPSA) is 82.3 Å². The van der Waals surface area contributed by atoms with Gasteiger partial charge in [-0.15, -0.1) is 0 Å². The number of nitrogens with zero attached hydrogens (tertiary/aromatic N) is 3. The standard InChI is InChI=1S/C21H16N6/c1-2-16-9-13-3-4-14(11-19(13)24-16)21-22-8-7-20(26-21)25-17-5-6-18-15(10-17)12-23-27-18/h2-12,24H,1H2,(H,23,27)(H,22,25,26). The molecule has 5 rings (SSSR count). The van der Waals surface area contributed by atoms with E-state index < -0.39 is 0 Å². The Bertz CT molecular complexity index is 1280. The van der Waals surface area contributed by atoms with Crippen molar-refractivity contribution in [1.82, 2.24) is 25.1 Å². The highest BCUT2D eigenvalue weighted by atomic mass is 15.1. The number of nitrogens with one attached hydrogen (secondary N) is 3. The molecule has 0 amide bonds. The predicted molar refractivity (Wildman–Crippen MR) is 109 cm³/mol. The van der Waals surface area contributed by atoms with Gasteiger partial charge < -0.3 is 10.3 Å². The summed E-state index contributed by atoms with van der Waals surface area (Å²) in [6.07, 6.45) is 5.36. The van der Waals surface area contributed by atoms with E-state index in [-0.39, 0.29) is 0 Å². The molecule has 0 aliphatic rings. The molecule has 0 fully saturated rings. The molecule has 0 unspecified atom stereocenters. The predicted octanol–water partition coefficient (Wildman–Crippen LogP) is 4.89. The molecular weight excluding hydrogens is 336 g/mol. The fourth-order valence-electron chi connectivity index (χ4n) is 3.13. The quantitative estimate of drug-likeness (QED) is 0.430. The normalized spacial score (nSPS) is 11.1. The number of aromatic nitrogens is 5. The minimum Gasteiger partial charge on any atom is -0.355 e. The first kappa shape index (κ1) is 15.3. The van der Waals surface area contributed by atoms with Crippen LogP contribution in [-0.4, -0.2) is 25.1 Å². The summed E-state index contributed by atoms with van der Waals surface area (Å²) in [4.78, 5) is 12.4. The van der Waals surface area contributed by atoms with Crippen LogP contribution in [0.3, 0.4) is 0 Å². The van der Waals surface area contributed by atoms with E-state index in [0.717, 1.165) is 44.6 Å². The highest BCUT2D eigenvalue weighted by molar-refractivity contribution is 5.86. The molecule has 0 aliphatic carbocycles. The second-order valence-electron chi connectivity index (χ2n) is 6.29. The van der Waals surface area contributed by atoms with Crippen molar-refractivity contribution in [3.05, 3.63) is 73.2 Å². The van der Waals surface area contributed by atoms with Gasteiger partial charge in [0.25, 0.3) is 0 Å². The van der Waals surface area contributed by atoms with E-state index >= 15 is 0 Å². The molecule has 6 nitrogen and oxygen atoms in total. The average molecular weight is 352 g/mol. The first-order valence-corrected chi connectivity index (χ1v) is 8.57. The molecule has 0 saturated heterocycles. The molecule has 0 atom stereocenters. The second kappa shape index (κ2) is 6.10. The Morgan fingerprint density at radius 3 is 2.85 bits per heavy atom. The minimum atomic E-state index is 0.668. The Balaban J connectivity index is 1.48. The zero-order chi connectivity index (χ0) is 18.2. The second-order valence-corrected chi connectivity index (χ2v) is 6.29. The number of hydrogen-bond acceptors (Lipinski definition) is 4. The number of aromatic amines is 2. The van der Waals surface area contributed by atoms with Crippen LogP contribution in [-0.2, 0) is 0 Å². The lowest BCUT2D eigenvalue weighted by Crippen LogP contribution is -1.96. The maximum atomic E-state index is 4.66. The van der Waals surface area contributed by atoms with Crippen LogP contribution in [0, 0.1) is 0 Å². The first-order chi connectivity index (χ1) is 13.3. The summed E-state index contributed by atoms with van der Waals surface area (Å²) in [6.45, 7) is 3.80. The van der Waals surface area contributed by atoms with Gasteiger partial charge in [0.05, 0.1) is 11.7 Å². The number of H-pyrrole nitrogens is 2. The Hall–Kier alpha value is -3.93. The van der Waals surface area contributed by atoms with Crippen LogP contribution < -0.4 is 5.32 Å². The summed E-state index contributed by atoms with van der Waals surface area (Å²) in [7, 11) is 0. The number of hydrogen-bond donors (Lipinski definition) is 3. The number of fused-ring (bicyclic) bond motifs is 2. The molecule has 3 heterocycles. The SMILES string of the molecule is C=Cc1cc2ccc(-c3nccc(Nc4ccc5[nH]ncc5c4)n3)cc2[nH]1. The van der Waals surface area contributed by atoms with Crippen molar-refractivity contribution in [2.45, 2.75) is 0 Å². The summed E-state index contributed by atoms with van der Waals surface area (Å²) in [5.41, 5.74) is 4.93. The number of benzene rings is 2. The molecule has 3 aromatic heterocycles. The summed E-state index contributed by atoms with van der Waals surface area (Å²) < 4.78 is 0. The molecular formula is C21H16N6. The van der Waals surface area contributed by atoms with Crippen molar-refractivity contribution in [1.29, 1.82) is 0 Å². The molecule has 130 valence electrons. The van der Waals surface area contributed by atoms with Crippen molar-refractivity contribution in [3.63, 3.8) is 0 Å². The number of anilines is 2. The monoisotopic (exact) mass is 352 g/mol. The molecule has 0 saturated carbocycles. The summed E-state index contributed by atoms with van der Waals surface area (Å²) >= 11 is 0. The maximum Gasteiger partial charge on any atom is 0.161 e. The largest absolute Gasteiger partial charge is 0.355 e. The van der Waals surface area contributed by atoms with Crippen LogP contribution in [0.5, 0.6) is 0 Å². The van der Waals surface area contributed by atoms with E-state index in [1.807, 2.05) is 30.3 Å². The molecule has 3 N–H and O–H groups in total. The fraction of sp³-hybridized carbons (Fsp3) is 0. The first-order valence-electron chi connectivity index (χ1n) is 8.57. The Labute approximate surface area is 155 Å². The Morgan fingerprint density at radius 2 is 1.93 bits per heavy atom. The van der Waals surface area contributed by atoms with Gasteiger partial charge in [-0.05, 0) is 42.5 Å². The highest BCUT2D eigenvalue weighted by Crippen LogP contribution is 2.25. The van der Waals surface area contributed by atoms with Gasteiger partial charge in [0.1, 0.15) is 5.82 Å². The Morgan fingerprint density at radius 1 is 0.963 bits per heavy atom. The van der Waals surface area contributed by atoms with Crippen molar-refractivity contribution in [2.75, 3.05) is 5.32 Å². The van der Waals surface area contributed by atoms with E-state index in [9.17, 15) is 0 Å². The maximum absolute atomic E-state index is 4.66. The third-order valence-corrected chi connectivity index (χ3v) is 4.49. The summed E-state index contributed by atoms with van der Waals surface area (Å²) in [5.74, 6) is 1.40. The van der Waals surface area contributed by atoms with Crippen LogP contribution in [0.2, 0.25) is 0 Å². The van der Waals surface area contributed by atoms with Crippen LogP contribution in [0.25, 0.3) is 39.3 Å². The third-order valence-electron chi connectivity index (χ3n) is 4.49.